The Morgan fingerprint density at radius 3 is 2.46 bits per heavy atom. The topological polar surface area (TPSA) is 70.2 Å². The third-order valence-electron chi connectivity index (χ3n) is 3.56. The molecule has 0 unspecified atom stereocenters. The van der Waals surface area contributed by atoms with Crippen molar-refractivity contribution in [2.24, 2.45) is 0 Å². The summed E-state index contributed by atoms with van der Waals surface area (Å²) in [7, 11) is 4.09. The fourth-order valence-corrected chi connectivity index (χ4v) is 2.14. The van der Waals surface area contributed by atoms with E-state index in [4.69, 9.17) is 0 Å². The molecule has 2 aromatic rings. The van der Waals surface area contributed by atoms with Gasteiger partial charge < -0.3 is 15.5 Å². The van der Waals surface area contributed by atoms with Gasteiger partial charge in [-0.15, -0.1) is 10.2 Å². The van der Waals surface area contributed by atoms with Gasteiger partial charge >= 0.3 is 0 Å². The van der Waals surface area contributed by atoms with E-state index in [1.807, 2.05) is 45.3 Å². The Balaban J connectivity index is 1.79. The predicted molar refractivity (Wildman–Crippen MR) is 96.0 cm³/mol. The highest BCUT2D eigenvalue weighted by Crippen LogP contribution is 2.05. The Morgan fingerprint density at radius 2 is 1.83 bits per heavy atom. The van der Waals surface area contributed by atoms with E-state index in [9.17, 15) is 4.79 Å². The molecule has 0 atom stereocenters. The molecule has 24 heavy (non-hydrogen) atoms. The number of amides is 1. The summed E-state index contributed by atoms with van der Waals surface area (Å²) in [5.41, 5.74) is 2.58. The van der Waals surface area contributed by atoms with Crippen LogP contribution >= 0.6 is 0 Å². The van der Waals surface area contributed by atoms with Gasteiger partial charge in [-0.2, -0.15) is 0 Å². The maximum Gasteiger partial charge on any atom is 0.272 e. The summed E-state index contributed by atoms with van der Waals surface area (Å²) in [6.45, 7) is 4.35. The Hall–Kier alpha value is -2.47. The van der Waals surface area contributed by atoms with Crippen molar-refractivity contribution < 1.29 is 4.79 Å². The van der Waals surface area contributed by atoms with Crippen LogP contribution < -0.4 is 10.6 Å². The Kier molecular flexibility index (Phi) is 6.69. The lowest BCUT2D eigenvalue weighted by atomic mass is 10.1. The van der Waals surface area contributed by atoms with Crippen LogP contribution in [0, 0.1) is 6.92 Å². The van der Waals surface area contributed by atoms with Crippen LogP contribution in [0.25, 0.3) is 0 Å². The average Bonchev–Trinajstić information content (AvgIpc) is 2.58. The fourth-order valence-electron chi connectivity index (χ4n) is 2.14. The zero-order valence-corrected chi connectivity index (χ0v) is 14.5. The van der Waals surface area contributed by atoms with Gasteiger partial charge in [0, 0.05) is 13.1 Å². The van der Waals surface area contributed by atoms with Gasteiger partial charge in [-0.3, -0.25) is 4.79 Å². The van der Waals surface area contributed by atoms with Crippen molar-refractivity contribution in [2.75, 3.05) is 32.5 Å². The van der Waals surface area contributed by atoms with Crippen LogP contribution in [0.1, 0.15) is 28.0 Å². The number of nitrogens with one attached hydrogen (secondary N) is 2. The van der Waals surface area contributed by atoms with E-state index in [2.05, 4.69) is 25.7 Å². The monoisotopic (exact) mass is 327 g/mol. The quantitative estimate of drug-likeness (QED) is 0.727. The minimum absolute atomic E-state index is 0.220. The van der Waals surface area contributed by atoms with Crippen molar-refractivity contribution in [1.82, 2.24) is 20.4 Å². The lowest BCUT2D eigenvalue weighted by molar-refractivity contribution is 0.0945. The molecule has 0 saturated carbocycles. The molecular weight excluding hydrogens is 302 g/mol. The van der Waals surface area contributed by atoms with E-state index in [1.165, 1.54) is 5.56 Å². The molecule has 6 heteroatoms. The zero-order chi connectivity index (χ0) is 17.4. The maximum absolute atomic E-state index is 12.1. The number of anilines is 1. The van der Waals surface area contributed by atoms with E-state index in [0.717, 1.165) is 25.1 Å². The number of hydrogen-bond acceptors (Lipinski definition) is 5. The number of aromatic nitrogens is 2. The fraction of sp³-hybridized carbons (Fsp3) is 0.389. The molecule has 0 saturated heterocycles. The summed E-state index contributed by atoms with van der Waals surface area (Å²) in [6, 6.07) is 11.5. The Bertz CT molecular complexity index is 637. The molecule has 0 fully saturated rings. The first kappa shape index (κ1) is 17.9. The molecule has 1 aromatic heterocycles. The van der Waals surface area contributed by atoms with Crippen molar-refractivity contribution in [3.63, 3.8) is 0 Å². The normalized spacial score (nSPS) is 10.7. The zero-order valence-electron chi connectivity index (χ0n) is 14.5. The molecule has 0 bridgehead atoms. The SMILES string of the molecule is Cc1ccc(CNC(=O)c2ccc(NCCCN(C)C)nn2)cc1. The predicted octanol–water partition coefficient (Wildman–Crippen LogP) is 2.08. The van der Waals surface area contributed by atoms with Crippen LogP contribution in [0.3, 0.4) is 0 Å². The van der Waals surface area contributed by atoms with Gasteiger partial charge in [0.2, 0.25) is 0 Å². The maximum atomic E-state index is 12.1. The van der Waals surface area contributed by atoms with Crippen LogP contribution in [-0.2, 0) is 6.54 Å². The Morgan fingerprint density at radius 1 is 1.08 bits per heavy atom. The second-order valence-electron chi connectivity index (χ2n) is 6.06. The number of rotatable bonds is 8. The number of nitrogens with zero attached hydrogens (tertiary/aromatic N) is 3. The first-order valence-electron chi connectivity index (χ1n) is 8.10. The van der Waals surface area contributed by atoms with Gasteiger partial charge in [0.1, 0.15) is 5.82 Å². The van der Waals surface area contributed by atoms with Crippen LogP contribution in [0.2, 0.25) is 0 Å². The molecule has 0 radical (unpaired) electrons. The summed E-state index contributed by atoms with van der Waals surface area (Å²) in [5, 5.41) is 14.1. The first-order valence-corrected chi connectivity index (χ1v) is 8.10. The van der Waals surface area contributed by atoms with E-state index in [-0.39, 0.29) is 5.91 Å². The number of carbonyl (C=O) groups is 1. The van der Waals surface area contributed by atoms with Crippen molar-refractivity contribution in [1.29, 1.82) is 0 Å². The van der Waals surface area contributed by atoms with Crippen LogP contribution in [0.15, 0.2) is 36.4 Å². The molecule has 0 aliphatic heterocycles. The van der Waals surface area contributed by atoms with Crippen molar-refractivity contribution >= 4 is 11.7 Å². The summed E-state index contributed by atoms with van der Waals surface area (Å²) in [4.78, 5) is 14.2. The molecule has 1 amide bonds. The minimum Gasteiger partial charge on any atom is -0.369 e. The molecule has 0 aliphatic rings. The molecule has 128 valence electrons. The molecule has 6 nitrogen and oxygen atoms in total. The standard InChI is InChI=1S/C18H25N5O/c1-14-5-7-15(8-6-14)13-20-18(24)16-9-10-17(22-21-16)19-11-4-12-23(2)3/h5-10H,4,11-13H2,1-3H3,(H,19,22)(H,20,24). The van der Waals surface area contributed by atoms with Gasteiger partial charge in [-0.1, -0.05) is 29.8 Å². The number of aryl methyl sites for hydroxylation is 1. The van der Waals surface area contributed by atoms with Crippen LogP contribution in [0.5, 0.6) is 0 Å². The highest BCUT2D eigenvalue weighted by Gasteiger charge is 2.08. The summed E-state index contributed by atoms with van der Waals surface area (Å²) in [6.07, 6.45) is 1.02. The van der Waals surface area contributed by atoms with Crippen molar-refractivity contribution in [2.45, 2.75) is 19.9 Å². The smallest absolute Gasteiger partial charge is 0.272 e. The third-order valence-corrected chi connectivity index (χ3v) is 3.56. The van der Waals surface area contributed by atoms with Crippen LogP contribution in [0.4, 0.5) is 5.82 Å². The van der Waals surface area contributed by atoms with E-state index in [0.29, 0.717) is 18.1 Å². The van der Waals surface area contributed by atoms with E-state index < -0.39 is 0 Å². The first-order chi connectivity index (χ1) is 11.5. The average molecular weight is 327 g/mol. The second-order valence-corrected chi connectivity index (χ2v) is 6.06. The highest BCUT2D eigenvalue weighted by molar-refractivity contribution is 5.92. The molecule has 0 spiro atoms. The Labute approximate surface area is 143 Å². The largest absolute Gasteiger partial charge is 0.369 e. The second kappa shape index (κ2) is 8.98. The molecule has 2 N–H and O–H groups in total. The van der Waals surface area contributed by atoms with Gasteiger partial charge in [0.05, 0.1) is 0 Å². The molecule has 1 aromatic carbocycles. The third kappa shape index (κ3) is 5.96. The number of benzene rings is 1. The lowest BCUT2D eigenvalue weighted by Gasteiger charge is -2.10. The minimum atomic E-state index is -0.220. The molecule has 1 heterocycles. The van der Waals surface area contributed by atoms with Gasteiger partial charge in [0.15, 0.2) is 5.69 Å². The van der Waals surface area contributed by atoms with E-state index >= 15 is 0 Å². The van der Waals surface area contributed by atoms with Crippen molar-refractivity contribution in [3.05, 3.63) is 53.2 Å². The molecular formula is C18H25N5O. The lowest BCUT2D eigenvalue weighted by Crippen LogP contribution is -2.24. The molecule has 2 rings (SSSR count). The van der Waals surface area contributed by atoms with Crippen molar-refractivity contribution in [3.8, 4) is 0 Å². The number of carbonyl (C=O) groups excluding carboxylic acids is 1. The van der Waals surface area contributed by atoms with Gasteiger partial charge in [-0.05, 0) is 51.7 Å². The highest BCUT2D eigenvalue weighted by atomic mass is 16.1. The van der Waals surface area contributed by atoms with E-state index in [1.54, 1.807) is 12.1 Å². The van der Waals surface area contributed by atoms with Gasteiger partial charge in [0.25, 0.3) is 5.91 Å². The summed E-state index contributed by atoms with van der Waals surface area (Å²) < 4.78 is 0. The van der Waals surface area contributed by atoms with Gasteiger partial charge in [-0.25, -0.2) is 0 Å². The van der Waals surface area contributed by atoms with Crippen LogP contribution in [-0.4, -0.2) is 48.2 Å². The summed E-state index contributed by atoms with van der Waals surface area (Å²) >= 11 is 0. The number of hydrogen-bond donors (Lipinski definition) is 2. The molecule has 0 aliphatic carbocycles. The summed E-state index contributed by atoms with van der Waals surface area (Å²) in [5.74, 6) is 0.464.